The van der Waals surface area contributed by atoms with Crippen molar-refractivity contribution in [1.29, 1.82) is 0 Å². The predicted molar refractivity (Wildman–Crippen MR) is 60.6 cm³/mol. The van der Waals surface area contributed by atoms with E-state index in [1.807, 2.05) is 11.8 Å². The van der Waals surface area contributed by atoms with E-state index in [2.05, 4.69) is 0 Å². The molecule has 2 aliphatic rings. The van der Waals surface area contributed by atoms with Gasteiger partial charge in [0.05, 0.1) is 12.0 Å². The zero-order chi connectivity index (χ0) is 11.2. The van der Waals surface area contributed by atoms with Gasteiger partial charge in [-0.2, -0.15) is 11.8 Å². The number of rotatable bonds is 0. The molecule has 0 aromatic heterocycles. The molecule has 3 rings (SSSR count). The fourth-order valence-corrected chi connectivity index (χ4v) is 3.61. The molecule has 0 bridgehead atoms. The van der Waals surface area contributed by atoms with Gasteiger partial charge in [-0.25, -0.2) is 4.39 Å². The minimum atomic E-state index is -0.382. The van der Waals surface area contributed by atoms with Crippen LogP contribution in [0.5, 0.6) is 5.75 Å². The highest BCUT2D eigenvalue weighted by molar-refractivity contribution is 7.99. The SMILES string of the molecule is O=C1CC2(CCSC2)Oc2ccc(F)cc21. The van der Waals surface area contributed by atoms with E-state index in [1.165, 1.54) is 12.1 Å². The van der Waals surface area contributed by atoms with Crippen LogP contribution in [0.4, 0.5) is 4.39 Å². The van der Waals surface area contributed by atoms with Gasteiger partial charge >= 0.3 is 0 Å². The molecular formula is C12H11FO2S. The van der Waals surface area contributed by atoms with Crippen LogP contribution >= 0.6 is 11.8 Å². The van der Waals surface area contributed by atoms with Crippen LogP contribution < -0.4 is 4.74 Å². The van der Waals surface area contributed by atoms with E-state index in [0.717, 1.165) is 17.9 Å². The fraction of sp³-hybridized carbons (Fsp3) is 0.417. The lowest BCUT2D eigenvalue weighted by atomic mass is 9.89. The first kappa shape index (κ1) is 10.1. The smallest absolute Gasteiger partial charge is 0.170 e. The maximum atomic E-state index is 13.0. The topological polar surface area (TPSA) is 26.3 Å². The first-order chi connectivity index (χ1) is 7.69. The van der Waals surface area contributed by atoms with E-state index in [9.17, 15) is 9.18 Å². The molecule has 16 heavy (non-hydrogen) atoms. The number of ether oxygens (including phenoxy) is 1. The molecule has 1 unspecified atom stereocenters. The van der Waals surface area contributed by atoms with Crippen molar-refractivity contribution < 1.29 is 13.9 Å². The fourth-order valence-electron chi connectivity index (χ4n) is 2.27. The Labute approximate surface area is 97.2 Å². The van der Waals surface area contributed by atoms with E-state index in [4.69, 9.17) is 4.74 Å². The molecular weight excluding hydrogens is 227 g/mol. The van der Waals surface area contributed by atoms with Crippen LogP contribution in [-0.2, 0) is 0 Å². The average molecular weight is 238 g/mol. The summed E-state index contributed by atoms with van der Waals surface area (Å²) in [6.45, 7) is 0. The molecule has 0 radical (unpaired) electrons. The molecule has 1 saturated heterocycles. The van der Waals surface area contributed by atoms with E-state index >= 15 is 0 Å². The third-order valence-corrected chi connectivity index (χ3v) is 4.34. The Morgan fingerprint density at radius 1 is 1.44 bits per heavy atom. The molecule has 0 saturated carbocycles. The van der Waals surface area contributed by atoms with Crippen LogP contribution in [0.25, 0.3) is 0 Å². The quantitative estimate of drug-likeness (QED) is 0.695. The average Bonchev–Trinajstić information content (AvgIpc) is 2.68. The molecule has 1 fully saturated rings. The number of carbonyl (C=O) groups excluding carboxylic acids is 1. The Morgan fingerprint density at radius 3 is 3.06 bits per heavy atom. The number of hydrogen-bond acceptors (Lipinski definition) is 3. The molecule has 4 heteroatoms. The van der Waals surface area contributed by atoms with E-state index in [1.54, 1.807) is 6.07 Å². The van der Waals surface area contributed by atoms with Gasteiger partial charge in [0.2, 0.25) is 0 Å². The molecule has 1 spiro atoms. The number of halogens is 1. The van der Waals surface area contributed by atoms with Crippen molar-refractivity contribution in [2.24, 2.45) is 0 Å². The van der Waals surface area contributed by atoms with E-state index in [0.29, 0.717) is 17.7 Å². The summed E-state index contributed by atoms with van der Waals surface area (Å²) in [6.07, 6.45) is 1.29. The van der Waals surface area contributed by atoms with Gasteiger partial charge in [-0.1, -0.05) is 0 Å². The highest BCUT2D eigenvalue weighted by atomic mass is 32.2. The first-order valence-electron chi connectivity index (χ1n) is 5.28. The number of thioether (sulfide) groups is 1. The number of ketones is 1. The van der Waals surface area contributed by atoms with Crippen LogP contribution in [0.2, 0.25) is 0 Å². The number of benzene rings is 1. The van der Waals surface area contributed by atoms with Crippen molar-refractivity contribution in [3.8, 4) is 5.75 Å². The second-order valence-corrected chi connectivity index (χ2v) is 5.43. The molecule has 0 N–H and O–H groups in total. The normalized spacial score (nSPS) is 27.9. The Bertz CT molecular complexity index is 452. The van der Waals surface area contributed by atoms with Crippen molar-refractivity contribution in [1.82, 2.24) is 0 Å². The number of hydrogen-bond donors (Lipinski definition) is 0. The van der Waals surface area contributed by atoms with Gasteiger partial charge in [-0.05, 0) is 30.4 Å². The Balaban J connectivity index is 2.02. The van der Waals surface area contributed by atoms with Crippen LogP contribution in [0.15, 0.2) is 18.2 Å². The number of carbonyl (C=O) groups is 1. The van der Waals surface area contributed by atoms with Crippen molar-refractivity contribution >= 4 is 17.5 Å². The summed E-state index contributed by atoms with van der Waals surface area (Å²) in [4.78, 5) is 11.9. The number of fused-ring (bicyclic) bond motifs is 1. The van der Waals surface area contributed by atoms with Crippen LogP contribution in [-0.4, -0.2) is 22.9 Å². The molecule has 0 aliphatic carbocycles. The van der Waals surface area contributed by atoms with Crippen LogP contribution in [0.3, 0.4) is 0 Å². The van der Waals surface area contributed by atoms with Gasteiger partial charge in [0.1, 0.15) is 17.2 Å². The summed E-state index contributed by atoms with van der Waals surface area (Å²) in [7, 11) is 0. The monoisotopic (exact) mass is 238 g/mol. The minimum absolute atomic E-state index is 0.00301. The molecule has 1 atom stereocenters. The lowest BCUT2D eigenvalue weighted by Gasteiger charge is -2.34. The summed E-state index contributed by atoms with van der Waals surface area (Å²) in [5.41, 5.74) is 0.0644. The Kier molecular flexibility index (Phi) is 2.21. The lowest BCUT2D eigenvalue weighted by Crippen LogP contribution is -2.42. The summed E-state index contributed by atoms with van der Waals surface area (Å²) >= 11 is 1.81. The third-order valence-electron chi connectivity index (χ3n) is 3.12. The maximum Gasteiger partial charge on any atom is 0.170 e. The molecule has 84 valence electrons. The van der Waals surface area contributed by atoms with Gasteiger partial charge in [0.25, 0.3) is 0 Å². The second kappa shape index (κ2) is 3.48. The predicted octanol–water partition coefficient (Wildman–Crippen LogP) is 2.67. The van der Waals surface area contributed by atoms with Gasteiger partial charge in [-0.15, -0.1) is 0 Å². The standard InChI is InChI=1S/C12H11FO2S/c13-8-1-2-11-9(5-8)10(14)6-12(15-11)3-4-16-7-12/h1-2,5H,3-4,6-7H2. The minimum Gasteiger partial charge on any atom is -0.485 e. The van der Waals surface area contributed by atoms with Crippen LogP contribution in [0.1, 0.15) is 23.2 Å². The molecule has 2 aliphatic heterocycles. The van der Waals surface area contributed by atoms with Crippen molar-refractivity contribution in [2.75, 3.05) is 11.5 Å². The Morgan fingerprint density at radius 2 is 2.31 bits per heavy atom. The molecule has 1 aromatic rings. The Hall–Kier alpha value is -1.03. The summed E-state index contributed by atoms with van der Waals surface area (Å²) in [5.74, 6) is 2.05. The van der Waals surface area contributed by atoms with E-state index < -0.39 is 0 Å². The van der Waals surface area contributed by atoms with Gasteiger partial charge in [0, 0.05) is 5.75 Å². The van der Waals surface area contributed by atoms with E-state index in [-0.39, 0.29) is 17.2 Å². The zero-order valence-corrected chi connectivity index (χ0v) is 9.48. The van der Waals surface area contributed by atoms with Gasteiger partial charge < -0.3 is 4.74 Å². The summed E-state index contributed by atoms with van der Waals surface area (Å²) in [6, 6.07) is 4.17. The summed E-state index contributed by atoms with van der Waals surface area (Å²) < 4.78 is 18.9. The molecule has 2 nitrogen and oxygen atoms in total. The van der Waals surface area contributed by atoms with Gasteiger partial charge in [-0.3, -0.25) is 4.79 Å². The molecule has 1 aromatic carbocycles. The van der Waals surface area contributed by atoms with Gasteiger partial charge in [0.15, 0.2) is 5.78 Å². The van der Waals surface area contributed by atoms with Crippen molar-refractivity contribution in [3.05, 3.63) is 29.6 Å². The van der Waals surface area contributed by atoms with Crippen LogP contribution in [0, 0.1) is 5.82 Å². The highest BCUT2D eigenvalue weighted by Crippen LogP contribution is 2.41. The maximum absolute atomic E-state index is 13.0. The third kappa shape index (κ3) is 1.52. The zero-order valence-electron chi connectivity index (χ0n) is 8.66. The second-order valence-electron chi connectivity index (χ2n) is 4.33. The van der Waals surface area contributed by atoms with Crippen molar-refractivity contribution in [3.63, 3.8) is 0 Å². The molecule has 2 heterocycles. The van der Waals surface area contributed by atoms with Crippen molar-refractivity contribution in [2.45, 2.75) is 18.4 Å². The summed E-state index contributed by atoms with van der Waals surface area (Å²) in [5, 5.41) is 0. The largest absolute Gasteiger partial charge is 0.485 e. The first-order valence-corrected chi connectivity index (χ1v) is 6.44. The lowest BCUT2D eigenvalue weighted by molar-refractivity contribution is 0.0562. The highest BCUT2D eigenvalue weighted by Gasteiger charge is 2.43. The molecule has 0 amide bonds. The number of Topliss-reactive ketones (excluding diaryl/α,β-unsaturated/α-hetero) is 1.